The SMILES string of the molecule is CCCc1c(/C=C/c2ccccc2C)oc2ccc(C(=O)OCC)cc2c1=O. The highest BCUT2D eigenvalue weighted by atomic mass is 16.5. The molecule has 0 radical (unpaired) electrons. The standard InChI is InChI=1S/C24H24O4/c1-4-8-19-21(13-11-17-10-7-6-9-16(17)3)28-22-14-12-18(24(26)27-5-2)15-20(22)23(19)25/h6-7,9-15H,4-5,8H2,1-3H3/b13-11+. The number of fused-ring (bicyclic) bond motifs is 1. The fraction of sp³-hybridized carbons (Fsp3) is 0.250. The van der Waals surface area contributed by atoms with E-state index >= 15 is 0 Å². The van der Waals surface area contributed by atoms with Crippen LogP contribution in [0.3, 0.4) is 0 Å². The van der Waals surface area contributed by atoms with Crippen LogP contribution in [0.15, 0.2) is 51.7 Å². The van der Waals surface area contributed by atoms with Gasteiger partial charge in [-0.1, -0.05) is 43.7 Å². The summed E-state index contributed by atoms with van der Waals surface area (Å²) < 4.78 is 11.1. The van der Waals surface area contributed by atoms with E-state index in [0.29, 0.717) is 34.3 Å². The summed E-state index contributed by atoms with van der Waals surface area (Å²) in [5, 5.41) is 0.405. The molecule has 1 aromatic heterocycles. The van der Waals surface area contributed by atoms with Gasteiger partial charge in [-0.3, -0.25) is 4.79 Å². The van der Waals surface area contributed by atoms with E-state index in [9.17, 15) is 9.59 Å². The molecule has 0 atom stereocenters. The van der Waals surface area contributed by atoms with Crippen molar-refractivity contribution in [3.8, 4) is 0 Å². The fourth-order valence-corrected chi connectivity index (χ4v) is 3.15. The lowest BCUT2D eigenvalue weighted by Gasteiger charge is -2.08. The van der Waals surface area contributed by atoms with E-state index in [4.69, 9.17) is 9.15 Å². The summed E-state index contributed by atoms with van der Waals surface area (Å²) in [5.41, 5.74) is 3.57. The second kappa shape index (κ2) is 8.70. The Morgan fingerprint density at radius 2 is 1.89 bits per heavy atom. The van der Waals surface area contributed by atoms with Gasteiger partial charge in [-0.25, -0.2) is 4.79 Å². The monoisotopic (exact) mass is 376 g/mol. The first-order valence-corrected chi connectivity index (χ1v) is 9.55. The van der Waals surface area contributed by atoms with Crippen molar-refractivity contribution in [2.45, 2.75) is 33.6 Å². The molecule has 28 heavy (non-hydrogen) atoms. The van der Waals surface area contributed by atoms with Gasteiger partial charge in [0.15, 0.2) is 5.43 Å². The van der Waals surface area contributed by atoms with Gasteiger partial charge in [0.05, 0.1) is 17.6 Å². The zero-order chi connectivity index (χ0) is 20.1. The Labute approximate surface area is 164 Å². The predicted molar refractivity (Wildman–Crippen MR) is 113 cm³/mol. The first-order valence-electron chi connectivity index (χ1n) is 9.55. The highest BCUT2D eigenvalue weighted by Crippen LogP contribution is 2.21. The molecule has 0 bridgehead atoms. The first kappa shape index (κ1) is 19.6. The van der Waals surface area contributed by atoms with Crippen LogP contribution in [0, 0.1) is 6.92 Å². The minimum atomic E-state index is -0.440. The second-order valence-corrected chi connectivity index (χ2v) is 6.65. The average molecular weight is 376 g/mol. The third-order valence-corrected chi connectivity index (χ3v) is 4.63. The molecule has 3 rings (SSSR count). The van der Waals surface area contributed by atoms with Crippen molar-refractivity contribution >= 4 is 29.1 Å². The van der Waals surface area contributed by atoms with Gasteiger partial charge < -0.3 is 9.15 Å². The maximum Gasteiger partial charge on any atom is 0.338 e. The van der Waals surface area contributed by atoms with Crippen LogP contribution in [0.4, 0.5) is 0 Å². The first-order chi connectivity index (χ1) is 13.5. The van der Waals surface area contributed by atoms with Crippen molar-refractivity contribution in [3.63, 3.8) is 0 Å². The van der Waals surface area contributed by atoms with E-state index < -0.39 is 5.97 Å². The molecule has 4 heteroatoms. The van der Waals surface area contributed by atoms with Crippen LogP contribution in [0.25, 0.3) is 23.1 Å². The molecule has 4 nitrogen and oxygen atoms in total. The van der Waals surface area contributed by atoms with Crippen LogP contribution < -0.4 is 5.43 Å². The molecule has 0 fully saturated rings. The van der Waals surface area contributed by atoms with Gasteiger partial charge in [-0.15, -0.1) is 0 Å². The maximum atomic E-state index is 13.1. The Kier molecular flexibility index (Phi) is 6.09. The summed E-state index contributed by atoms with van der Waals surface area (Å²) in [6, 6.07) is 12.9. The zero-order valence-corrected chi connectivity index (χ0v) is 16.5. The normalized spacial score (nSPS) is 11.2. The number of hydrogen-bond acceptors (Lipinski definition) is 4. The van der Waals surface area contributed by atoms with Crippen LogP contribution in [-0.2, 0) is 11.2 Å². The quantitative estimate of drug-likeness (QED) is 0.541. The largest absolute Gasteiger partial charge is 0.462 e. The molecular formula is C24H24O4. The minimum absolute atomic E-state index is 0.0984. The fourth-order valence-electron chi connectivity index (χ4n) is 3.15. The Bertz CT molecular complexity index is 1090. The summed E-state index contributed by atoms with van der Waals surface area (Å²) in [7, 11) is 0. The Morgan fingerprint density at radius 3 is 2.61 bits per heavy atom. The van der Waals surface area contributed by atoms with E-state index in [2.05, 4.69) is 0 Å². The molecule has 0 amide bonds. The Morgan fingerprint density at radius 1 is 1.11 bits per heavy atom. The van der Waals surface area contributed by atoms with Crippen molar-refractivity contribution in [1.29, 1.82) is 0 Å². The van der Waals surface area contributed by atoms with E-state index in [-0.39, 0.29) is 12.0 Å². The van der Waals surface area contributed by atoms with Crippen molar-refractivity contribution < 1.29 is 13.9 Å². The molecule has 0 aliphatic carbocycles. The number of ether oxygens (including phenoxy) is 1. The number of benzene rings is 2. The molecule has 0 N–H and O–H groups in total. The molecule has 0 saturated heterocycles. The van der Waals surface area contributed by atoms with Gasteiger partial charge in [-0.05, 0) is 55.7 Å². The predicted octanol–water partition coefficient (Wildman–Crippen LogP) is 5.40. The number of hydrogen-bond donors (Lipinski definition) is 0. The van der Waals surface area contributed by atoms with Gasteiger partial charge in [0.2, 0.25) is 0 Å². The molecule has 2 aromatic carbocycles. The van der Waals surface area contributed by atoms with Crippen molar-refractivity contribution in [2.24, 2.45) is 0 Å². The molecule has 0 aliphatic heterocycles. The van der Waals surface area contributed by atoms with Crippen molar-refractivity contribution in [3.05, 3.63) is 80.7 Å². The average Bonchev–Trinajstić information content (AvgIpc) is 2.70. The third kappa shape index (κ3) is 4.06. The number of esters is 1. The lowest BCUT2D eigenvalue weighted by molar-refractivity contribution is 0.0526. The van der Waals surface area contributed by atoms with Gasteiger partial charge in [0, 0.05) is 5.56 Å². The number of rotatable bonds is 6. The van der Waals surface area contributed by atoms with Gasteiger partial charge in [-0.2, -0.15) is 0 Å². The van der Waals surface area contributed by atoms with Gasteiger partial charge in [0.1, 0.15) is 11.3 Å². The topological polar surface area (TPSA) is 56.5 Å². The second-order valence-electron chi connectivity index (χ2n) is 6.65. The molecule has 0 saturated carbocycles. The summed E-state index contributed by atoms with van der Waals surface area (Å²) in [5.74, 6) is 0.121. The minimum Gasteiger partial charge on any atom is -0.462 e. The zero-order valence-electron chi connectivity index (χ0n) is 16.5. The molecule has 144 valence electrons. The van der Waals surface area contributed by atoms with Crippen LogP contribution in [0.5, 0.6) is 0 Å². The van der Waals surface area contributed by atoms with E-state index in [0.717, 1.165) is 17.5 Å². The summed E-state index contributed by atoms with van der Waals surface area (Å²) in [4.78, 5) is 25.1. The molecule has 3 aromatic rings. The van der Waals surface area contributed by atoms with E-state index in [1.807, 2.05) is 50.3 Å². The highest BCUT2D eigenvalue weighted by Gasteiger charge is 2.15. The lowest BCUT2D eigenvalue weighted by Crippen LogP contribution is -2.12. The van der Waals surface area contributed by atoms with Crippen LogP contribution in [-0.4, -0.2) is 12.6 Å². The molecule has 0 aliphatic rings. The molecule has 0 spiro atoms. The summed E-state index contributed by atoms with van der Waals surface area (Å²) in [6.07, 6.45) is 5.24. The molecule has 1 heterocycles. The summed E-state index contributed by atoms with van der Waals surface area (Å²) in [6.45, 7) is 6.10. The van der Waals surface area contributed by atoms with Crippen LogP contribution in [0.2, 0.25) is 0 Å². The van der Waals surface area contributed by atoms with Crippen LogP contribution in [0.1, 0.15) is 53.1 Å². The van der Waals surface area contributed by atoms with E-state index in [1.54, 1.807) is 25.1 Å². The number of carbonyl (C=O) groups is 1. The van der Waals surface area contributed by atoms with Crippen LogP contribution >= 0.6 is 0 Å². The number of carbonyl (C=O) groups excluding carboxylic acids is 1. The van der Waals surface area contributed by atoms with E-state index in [1.165, 1.54) is 0 Å². The summed E-state index contributed by atoms with van der Waals surface area (Å²) >= 11 is 0. The highest BCUT2D eigenvalue weighted by molar-refractivity contribution is 5.94. The van der Waals surface area contributed by atoms with Gasteiger partial charge in [0.25, 0.3) is 0 Å². The Balaban J connectivity index is 2.11. The smallest absolute Gasteiger partial charge is 0.338 e. The Hall–Kier alpha value is -3.14. The maximum absolute atomic E-state index is 13.1. The van der Waals surface area contributed by atoms with Crippen molar-refractivity contribution in [1.82, 2.24) is 0 Å². The third-order valence-electron chi connectivity index (χ3n) is 4.63. The molecular weight excluding hydrogens is 352 g/mol. The lowest BCUT2D eigenvalue weighted by atomic mass is 10.0. The van der Waals surface area contributed by atoms with Gasteiger partial charge >= 0.3 is 5.97 Å². The molecule has 0 unspecified atom stereocenters. The van der Waals surface area contributed by atoms with Crippen molar-refractivity contribution in [2.75, 3.05) is 6.61 Å². The number of aryl methyl sites for hydroxylation is 1.